The maximum absolute atomic E-state index is 6.09. The minimum Gasteiger partial charge on any atom is -0.466 e. The molecule has 23 heavy (non-hydrogen) atoms. The summed E-state index contributed by atoms with van der Waals surface area (Å²) in [6.45, 7) is 9.73. The van der Waals surface area contributed by atoms with Gasteiger partial charge in [-0.15, -0.1) is 0 Å². The van der Waals surface area contributed by atoms with E-state index < -0.39 is 0 Å². The lowest BCUT2D eigenvalue weighted by molar-refractivity contribution is 0.246. The van der Waals surface area contributed by atoms with E-state index in [0.29, 0.717) is 5.92 Å². The van der Waals surface area contributed by atoms with Gasteiger partial charge in [-0.2, -0.15) is 0 Å². The van der Waals surface area contributed by atoms with Gasteiger partial charge in [0, 0.05) is 42.8 Å². The predicted molar refractivity (Wildman–Crippen MR) is 96.6 cm³/mol. The van der Waals surface area contributed by atoms with Crippen LogP contribution in [0, 0.1) is 6.92 Å². The van der Waals surface area contributed by atoms with E-state index in [4.69, 9.17) is 16.0 Å². The van der Waals surface area contributed by atoms with Crippen molar-refractivity contribution in [3.63, 3.8) is 0 Å². The van der Waals surface area contributed by atoms with Crippen molar-refractivity contribution in [1.82, 2.24) is 4.90 Å². The third-order valence-electron chi connectivity index (χ3n) is 4.67. The summed E-state index contributed by atoms with van der Waals surface area (Å²) in [5, 5.41) is 0.812. The van der Waals surface area contributed by atoms with Crippen molar-refractivity contribution in [2.24, 2.45) is 0 Å². The number of hydrogen-bond acceptors (Lipinski definition) is 3. The van der Waals surface area contributed by atoms with Gasteiger partial charge in [-0.1, -0.05) is 24.6 Å². The normalized spacial score (nSPS) is 17.4. The summed E-state index contributed by atoms with van der Waals surface area (Å²) in [5.74, 6) is 2.59. The molecule has 0 bridgehead atoms. The molecule has 1 aliphatic rings. The maximum Gasteiger partial charge on any atom is 0.107 e. The van der Waals surface area contributed by atoms with E-state index in [1.165, 1.54) is 5.69 Å². The van der Waals surface area contributed by atoms with Crippen LogP contribution in [0.2, 0.25) is 5.02 Å². The lowest BCUT2D eigenvalue weighted by Gasteiger charge is -2.36. The molecule has 3 nitrogen and oxygen atoms in total. The largest absolute Gasteiger partial charge is 0.466 e. The Kier molecular flexibility index (Phi) is 5.29. The van der Waals surface area contributed by atoms with Crippen molar-refractivity contribution < 1.29 is 4.42 Å². The smallest absolute Gasteiger partial charge is 0.107 e. The summed E-state index contributed by atoms with van der Waals surface area (Å²) in [7, 11) is 0. The highest BCUT2D eigenvalue weighted by molar-refractivity contribution is 6.30. The fraction of sp³-hybridized carbons (Fsp3) is 0.474. The summed E-state index contributed by atoms with van der Waals surface area (Å²) >= 11 is 6.09. The van der Waals surface area contributed by atoms with Crippen LogP contribution in [-0.4, -0.2) is 37.6 Å². The molecule has 2 aromatic rings. The number of anilines is 1. The molecule has 0 amide bonds. The molecule has 124 valence electrons. The van der Waals surface area contributed by atoms with Crippen LogP contribution in [0.4, 0.5) is 5.69 Å². The molecule has 0 N–H and O–H groups in total. The molecule has 1 aromatic heterocycles. The number of halogens is 1. The topological polar surface area (TPSA) is 19.6 Å². The van der Waals surface area contributed by atoms with Gasteiger partial charge in [0.1, 0.15) is 11.5 Å². The molecule has 4 heteroatoms. The van der Waals surface area contributed by atoms with Crippen LogP contribution < -0.4 is 4.90 Å². The molecule has 1 fully saturated rings. The Labute approximate surface area is 143 Å². The van der Waals surface area contributed by atoms with Crippen molar-refractivity contribution in [1.29, 1.82) is 0 Å². The van der Waals surface area contributed by atoms with Gasteiger partial charge in [0.05, 0.1) is 0 Å². The minimum atomic E-state index is 0.481. The lowest BCUT2D eigenvalue weighted by Crippen LogP contribution is -2.46. The molecule has 3 rings (SSSR count). The van der Waals surface area contributed by atoms with Crippen molar-refractivity contribution in [2.45, 2.75) is 26.2 Å². The second-order valence-electron chi connectivity index (χ2n) is 6.45. The summed E-state index contributed by atoms with van der Waals surface area (Å²) < 4.78 is 5.73. The Bertz CT molecular complexity index is 632. The molecule has 1 atom stereocenters. The molecule has 0 unspecified atom stereocenters. The molecular weight excluding hydrogens is 308 g/mol. The summed E-state index contributed by atoms with van der Waals surface area (Å²) in [6, 6.07) is 12.3. The van der Waals surface area contributed by atoms with Crippen molar-refractivity contribution in [2.75, 3.05) is 37.6 Å². The van der Waals surface area contributed by atoms with Gasteiger partial charge in [-0.05, 0) is 50.2 Å². The van der Waals surface area contributed by atoms with E-state index in [1.54, 1.807) is 0 Å². The number of nitrogens with zero attached hydrogens (tertiary/aromatic N) is 2. The quantitative estimate of drug-likeness (QED) is 0.800. The molecule has 0 saturated carbocycles. The molecular formula is C19H25ClN2O. The SMILES string of the molecule is Cc1ccc([C@H](C)CCN2CCN(c3cccc(Cl)c3)CC2)o1. The number of rotatable bonds is 5. The molecule has 1 aliphatic heterocycles. The third kappa shape index (κ3) is 4.30. The van der Waals surface area contributed by atoms with E-state index in [2.05, 4.69) is 41.0 Å². The molecule has 2 heterocycles. The summed E-state index contributed by atoms with van der Waals surface area (Å²) in [6.07, 6.45) is 1.14. The first-order valence-electron chi connectivity index (χ1n) is 8.41. The first-order chi connectivity index (χ1) is 11.1. The van der Waals surface area contributed by atoms with Gasteiger partial charge in [-0.25, -0.2) is 0 Å². The average molecular weight is 333 g/mol. The first-order valence-corrected chi connectivity index (χ1v) is 8.79. The van der Waals surface area contributed by atoms with E-state index in [1.807, 2.05) is 19.1 Å². The number of aryl methyl sites for hydroxylation is 1. The van der Waals surface area contributed by atoms with Crippen molar-refractivity contribution >= 4 is 17.3 Å². The Morgan fingerprint density at radius 2 is 1.91 bits per heavy atom. The second-order valence-corrected chi connectivity index (χ2v) is 6.88. The second kappa shape index (κ2) is 7.41. The van der Waals surface area contributed by atoms with Crippen molar-refractivity contribution in [3.8, 4) is 0 Å². The van der Waals surface area contributed by atoms with Crippen LogP contribution in [0.25, 0.3) is 0 Å². The lowest BCUT2D eigenvalue weighted by atomic mass is 10.0. The van der Waals surface area contributed by atoms with Crippen molar-refractivity contribution in [3.05, 3.63) is 52.9 Å². The zero-order valence-electron chi connectivity index (χ0n) is 14.0. The van der Waals surface area contributed by atoms with Crippen LogP contribution >= 0.6 is 11.6 Å². The highest BCUT2D eigenvalue weighted by Crippen LogP contribution is 2.23. The van der Waals surface area contributed by atoms with E-state index in [9.17, 15) is 0 Å². The Hall–Kier alpha value is -1.45. The van der Waals surface area contributed by atoms with E-state index in [-0.39, 0.29) is 0 Å². The fourth-order valence-corrected chi connectivity index (χ4v) is 3.32. The molecule has 0 radical (unpaired) electrons. The summed E-state index contributed by atoms with van der Waals surface area (Å²) in [5.41, 5.74) is 1.23. The average Bonchev–Trinajstić information content (AvgIpc) is 3.00. The van der Waals surface area contributed by atoms with Crippen LogP contribution in [-0.2, 0) is 0 Å². The zero-order valence-corrected chi connectivity index (χ0v) is 14.7. The Balaban J connectivity index is 1.46. The van der Waals surface area contributed by atoms with Crippen LogP contribution in [0.5, 0.6) is 0 Å². The number of benzene rings is 1. The number of piperazine rings is 1. The zero-order chi connectivity index (χ0) is 16.2. The standard InChI is InChI=1S/C19H25ClN2O/c1-15(19-7-6-16(2)23-19)8-9-21-10-12-22(13-11-21)18-5-3-4-17(20)14-18/h3-7,14-15H,8-13H2,1-2H3/t15-/m1/s1. The maximum atomic E-state index is 6.09. The summed E-state index contributed by atoms with van der Waals surface area (Å²) in [4.78, 5) is 4.97. The van der Waals surface area contributed by atoms with Gasteiger partial charge in [0.25, 0.3) is 0 Å². The monoisotopic (exact) mass is 332 g/mol. The van der Waals surface area contributed by atoms with Crippen LogP contribution in [0.3, 0.4) is 0 Å². The molecule has 1 saturated heterocycles. The van der Waals surface area contributed by atoms with E-state index >= 15 is 0 Å². The fourth-order valence-electron chi connectivity index (χ4n) is 3.14. The minimum absolute atomic E-state index is 0.481. The van der Waals surface area contributed by atoms with Gasteiger partial charge >= 0.3 is 0 Å². The highest BCUT2D eigenvalue weighted by atomic mass is 35.5. The van der Waals surface area contributed by atoms with Crippen LogP contribution in [0.1, 0.15) is 30.8 Å². The van der Waals surface area contributed by atoms with Gasteiger partial charge in [-0.3, -0.25) is 4.90 Å². The number of furan rings is 1. The molecule has 0 spiro atoms. The van der Waals surface area contributed by atoms with Gasteiger partial charge in [0.2, 0.25) is 0 Å². The predicted octanol–water partition coefficient (Wildman–Crippen LogP) is 4.56. The Morgan fingerprint density at radius 3 is 2.57 bits per heavy atom. The van der Waals surface area contributed by atoms with Gasteiger partial charge in [0.15, 0.2) is 0 Å². The Morgan fingerprint density at radius 1 is 1.13 bits per heavy atom. The third-order valence-corrected chi connectivity index (χ3v) is 4.91. The highest BCUT2D eigenvalue weighted by Gasteiger charge is 2.18. The first kappa shape index (κ1) is 16.4. The van der Waals surface area contributed by atoms with E-state index in [0.717, 1.165) is 55.7 Å². The van der Waals surface area contributed by atoms with Gasteiger partial charge < -0.3 is 9.32 Å². The molecule has 0 aliphatic carbocycles. The number of hydrogen-bond donors (Lipinski definition) is 0. The van der Waals surface area contributed by atoms with Crippen LogP contribution in [0.15, 0.2) is 40.8 Å². The molecule has 1 aromatic carbocycles.